The maximum absolute atomic E-state index is 13.0. The van der Waals surface area contributed by atoms with Crippen LogP contribution in [-0.4, -0.2) is 4.98 Å². The van der Waals surface area contributed by atoms with E-state index in [0.717, 1.165) is 28.5 Å². The lowest BCUT2D eigenvalue weighted by molar-refractivity contribution is -0.137. The molecule has 4 aromatic rings. The number of nitrogens with one attached hydrogen (secondary N) is 1. The number of fused-ring (bicyclic) bond motifs is 1. The van der Waals surface area contributed by atoms with Gasteiger partial charge in [-0.25, -0.2) is 4.98 Å². The summed E-state index contributed by atoms with van der Waals surface area (Å²) in [4.78, 5) is 4.26. The van der Waals surface area contributed by atoms with Crippen LogP contribution in [0.3, 0.4) is 0 Å². The molecule has 4 rings (SSSR count). The monoisotopic (exact) mass is 421 g/mol. The molecule has 0 unspecified atom stereocenters. The Morgan fingerprint density at radius 2 is 1.81 bits per heavy atom. The number of hydrogen-bond donors (Lipinski definition) is 1. The SMILES string of the molecule is C[C@@H](Nc1oc(Cc2cccc3ccccc23)nc1C#N)c1cccc(C(F)(F)F)c1. The molecule has 3 aromatic carbocycles. The molecule has 0 amide bonds. The summed E-state index contributed by atoms with van der Waals surface area (Å²) in [7, 11) is 0. The average Bonchev–Trinajstić information content (AvgIpc) is 3.14. The molecule has 0 aliphatic rings. The number of nitrogens with zero attached hydrogens (tertiary/aromatic N) is 2. The number of anilines is 1. The van der Waals surface area contributed by atoms with Crippen molar-refractivity contribution in [2.24, 2.45) is 0 Å². The lowest BCUT2D eigenvalue weighted by atomic mass is 10.0. The molecule has 156 valence electrons. The van der Waals surface area contributed by atoms with Gasteiger partial charge in [0.2, 0.25) is 17.5 Å². The Morgan fingerprint density at radius 1 is 1.06 bits per heavy atom. The minimum atomic E-state index is -4.43. The molecule has 4 nitrogen and oxygen atoms in total. The third kappa shape index (κ3) is 4.38. The van der Waals surface area contributed by atoms with Gasteiger partial charge in [0.05, 0.1) is 18.0 Å². The van der Waals surface area contributed by atoms with E-state index in [4.69, 9.17) is 4.42 Å². The number of nitriles is 1. The van der Waals surface area contributed by atoms with Gasteiger partial charge in [-0.05, 0) is 41.0 Å². The molecule has 0 saturated heterocycles. The molecule has 0 fully saturated rings. The second-order valence-corrected chi connectivity index (χ2v) is 7.20. The van der Waals surface area contributed by atoms with Gasteiger partial charge in [0.25, 0.3) is 0 Å². The third-order valence-corrected chi connectivity index (χ3v) is 5.06. The first-order valence-electron chi connectivity index (χ1n) is 9.65. The highest BCUT2D eigenvalue weighted by molar-refractivity contribution is 5.85. The number of rotatable bonds is 5. The summed E-state index contributed by atoms with van der Waals surface area (Å²) in [6.07, 6.45) is -4.04. The first-order valence-corrected chi connectivity index (χ1v) is 9.65. The minimum absolute atomic E-state index is 0.0639. The van der Waals surface area contributed by atoms with Gasteiger partial charge in [-0.2, -0.15) is 18.4 Å². The van der Waals surface area contributed by atoms with Crippen molar-refractivity contribution >= 4 is 16.7 Å². The van der Waals surface area contributed by atoms with Crippen LogP contribution in [0.25, 0.3) is 10.8 Å². The number of aromatic nitrogens is 1. The quantitative estimate of drug-likeness (QED) is 0.400. The minimum Gasteiger partial charge on any atom is -0.423 e. The largest absolute Gasteiger partial charge is 0.423 e. The van der Waals surface area contributed by atoms with E-state index >= 15 is 0 Å². The van der Waals surface area contributed by atoms with Gasteiger partial charge in [0, 0.05) is 0 Å². The van der Waals surface area contributed by atoms with Gasteiger partial charge < -0.3 is 9.73 Å². The summed E-state index contributed by atoms with van der Waals surface area (Å²) in [6.45, 7) is 1.70. The zero-order valence-corrected chi connectivity index (χ0v) is 16.6. The van der Waals surface area contributed by atoms with Crippen molar-refractivity contribution in [2.45, 2.75) is 25.6 Å². The van der Waals surface area contributed by atoms with E-state index in [1.54, 1.807) is 13.0 Å². The van der Waals surface area contributed by atoms with Crippen LogP contribution in [0.4, 0.5) is 19.1 Å². The number of hydrogen-bond acceptors (Lipinski definition) is 4. The molecule has 0 bridgehead atoms. The molecule has 1 N–H and O–H groups in total. The van der Waals surface area contributed by atoms with Crippen molar-refractivity contribution in [3.63, 3.8) is 0 Å². The summed E-state index contributed by atoms with van der Waals surface area (Å²) < 4.78 is 44.8. The molecular weight excluding hydrogens is 403 g/mol. The van der Waals surface area contributed by atoms with Crippen molar-refractivity contribution in [3.05, 3.63) is 95.0 Å². The molecule has 1 aromatic heterocycles. The van der Waals surface area contributed by atoms with Gasteiger partial charge in [0.15, 0.2) is 0 Å². The van der Waals surface area contributed by atoms with Crippen LogP contribution in [0.15, 0.2) is 71.1 Å². The molecule has 0 radical (unpaired) electrons. The van der Waals surface area contributed by atoms with Crippen LogP contribution in [0.5, 0.6) is 0 Å². The van der Waals surface area contributed by atoms with Gasteiger partial charge in [0.1, 0.15) is 6.07 Å². The zero-order chi connectivity index (χ0) is 22.0. The van der Waals surface area contributed by atoms with Crippen molar-refractivity contribution < 1.29 is 17.6 Å². The van der Waals surface area contributed by atoms with Gasteiger partial charge >= 0.3 is 6.18 Å². The predicted molar refractivity (Wildman–Crippen MR) is 111 cm³/mol. The van der Waals surface area contributed by atoms with Gasteiger partial charge in [-0.3, -0.25) is 0 Å². The van der Waals surface area contributed by atoms with Crippen LogP contribution in [0.1, 0.15) is 41.2 Å². The summed E-state index contributed by atoms with van der Waals surface area (Å²) in [5.41, 5.74) is 0.759. The second-order valence-electron chi connectivity index (χ2n) is 7.20. The van der Waals surface area contributed by atoms with E-state index < -0.39 is 17.8 Å². The Labute approximate surface area is 177 Å². The highest BCUT2D eigenvalue weighted by Gasteiger charge is 2.30. The van der Waals surface area contributed by atoms with E-state index in [1.165, 1.54) is 6.07 Å². The summed E-state index contributed by atoms with van der Waals surface area (Å²) >= 11 is 0. The Morgan fingerprint density at radius 3 is 2.58 bits per heavy atom. The van der Waals surface area contributed by atoms with E-state index in [1.807, 2.05) is 48.5 Å². The fourth-order valence-corrected chi connectivity index (χ4v) is 3.49. The van der Waals surface area contributed by atoms with Crippen LogP contribution in [0.2, 0.25) is 0 Å². The van der Waals surface area contributed by atoms with Crippen LogP contribution in [0, 0.1) is 11.3 Å². The van der Waals surface area contributed by atoms with E-state index in [2.05, 4.69) is 10.3 Å². The predicted octanol–water partition coefficient (Wildman–Crippen LogP) is 6.48. The number of halogens is 3. The fraction of sp³-hybridized carbons (Fsp3) is 0.167. The van der Waals surface area contributed by atoms with Crippen molar-refractivity contribution in [1.82, 2.24) is 4.98 Å². The Bertz CT molecular complexity index is 1270. The maximum atomic E-state index is 13.0. The lowest BCUT2D eigenvalue weighted by Crippen LogP contribution is -2.10. The fourth-order valence-electron chi connectivity index (χ4n) is 3.49. The molecule has 0 aliphatic heterocycles. The highest BCUT2D eigenvalue weighted by Crippen LogP contribution is 2.32. The molecular formula is C24H18F3N3O. The molecule has 31 heavy (non-hydrogen) atoms. The standard InChI is InChI=1S/C24H18F3N3O/c1-15(17-8-5-10-19(12-17)24(25,26)27)29-23-21(14-28)30-22(31-23)13-18-9-4-7-16-6-2-3-11-20(16)18/h2-12,15,29H,13H2,1H3/t15-/m1/s1. The number of benzene rings is 3. The third-order valence-electron chi connectivity index (χ3n) is 5.06. The Balaban J connectivity index is 1.59. The molecule has 7 heteroatoms. The Hall–Kier alpha value is -3.79. The lowest BCUT2D eigenvalue weighted by Gasteiger charge is -2.15. The number of oxazole rings is 1. The molecule has 1 atom stereocenters. The normalized spacial score (nSPS) is 12.5. The summed E-state index contributed by atoms with van der Waals surface area (Å²) in [5.74, 6) is 0.495. The van der Waals surface area contributed by atoms with E-state index in [-0.39, 0.29) is 11.6 Å². The number of alkyl halides is 3. The van der Waals surface area contributed by atoms with Gasteiger partial charge in [-0.15, -0.1) is 0 Å². The van der Waals surface area contributed by atoms with E-state index in [0.29, 0.717) is 17.9 Å². The highest BCUT2D eigenvalue weighted by atomic mass is 19.4. The zero-order valence-electron chi connectivity index (χ0n) is 16.6. The van der Waals surface area contributed by atoms with Gasteiger partial charge in [-0.1, -0.05) is 54.6 Å². The van der Waals surface area contributed by atoms with Crippen molar-refractivity contribution in [2.75, 3.05) is 5.32 Å². The smallest absolute Gasteiger partial charge is 0.416 e. The molecule has 0 spiro atoms. The average molecular weight is 421 g/mol. The summed E-state index contributed by atoms with van der Waals surface area (Å²) in [5, 5.41) is 14.6. The van der Waals surface area contributed by atoms with E-state index in [9.17, 15) is 18.4 Å². The maximum Gasteiger partial charge on any atom is 0.416 e. The van der Waals surface area contributed by atoms with Crippen LogP contribution >= 0.6 is 0 Å². The molecule has 1 heterocycles. The van der Waals surface area contributed by atoms with Crippen LogP contribution < -0.4 is 5.32 Å². The first-order chi connectivity index (χ1) is 14.8. The molecule has 0 saturated carbocycles. The first kappa shape index (κ1) is 20.5. The topological polar surface area (TPSA) is 61.9 Å². The van der Waals surface area contributed by atoms with Crippen molar-refractivity contribution in [3.8, 4) is 6.07 Å². The van der Waals surface area contributed by atoms with Crippen LogP contribution in [-0.2, 0) is 12.6 Å². The Kier molecular flexibility index (Phi) is 5.38. The summed E-state index contributed by atoms with van der Waals surface area (Å²) in [6, 6.07) is 20.4. The second kappa shape index (κ2) is 8.15. The van der Waals surface area contributed by atoms with Crippen molar-refractivity contribution in [1.29, 1.82) is 5.26 Å². The molecule has 0 aliphatic carbocycles.